The maximum absolute atomic E-state index is 5.38. The molecule has 3 heteroatoms. The van der Waals surface area contributed by atoms with Gasteiger partial charge in [0.2, 0.25) is 0 Å². The van der Waals surface area contributed by atoms with Crippen LogP contribution in [0.3, 0.4) is 0 Å². The van der Waals surface area contributed by atoms with Crippen molar-refractivity contribution in [2.24, 2.45) is 11.8 Å². The molecule has 0 heterocycles. The van der Waals surface area contributed by atoms with Gasteiger partial charge < -0.3 is 10.6 Å². The summed E-state index contributed by atoms with van der Waals surface area (Å²) in [6, 6.07) is 11.0. The van der Waals surface area contributed by atoms with E-state index in [0.717, 1.165) is 23.5 Å². The van der Waals surface area contributed by atoms with Crippen molar-refractivity contribution < 1.29 is 0 Å². The fraction of sp³-hybridized carbons (Fsp3) is 0.533. The maximum Gasteiger partial charge on any atom is 0.166 e. The van der Waals surface area contributed by atoms with Crippen molar-refractivity contribution in [3.63, 3.8) is 0 Å². The molecule has 2 N–H and O–H groups in total. The maximum atomic E-state index is 5.38. The molecule has 0 radical (unpaired) electrons. The molecule has 2 aliphatic carbocycles. The van der Waals surface area contributed by atoms with E-state index in [0.29, 0.717) is 6.04 Å². The first-order valence-corrected chi connectivity index (χ1v) is 7.30. The van der Waals surface area contributed by atoms with E-state index in [4.69, 9.17) is 12.2 Å². The Labute approximate surface area is 114 Å². The van der Waals surface area contributed by atoms with Crippen LogP contribution in [-0.4, -0.2) is 11.2 Å². The molecule has 2 nitrogen and oxygen atoms in total. The first-order chi connectivity index (χ1) is 8.81. The second-order valence-electron chi connectivity index (χ2n) is 5.59. The average Bonchev–Trinajstić information content (AvgIpc) is 3.00. The topological polar surface area (TPSA) is 24.1 Å². The van der Waals surface area contributed by atoms with Gasteiger partial charge in [-0.05, 0) is 48.9 Å². The van der Waals surface area contributed by atoms with Crippen molar-refractivity contribution in [3.05, 3.63) is 35.9 Å². The fourth-order valence-electron chi connectivity index (χ4n) is 3.42. The minimum absolute atomic E-state index is 0.625. The van der Waals surface area contributed by atoms with Crippen LogP contribution in [0.4, 0.5) is 0 Å². The molecule has 0 aliphatic heterocycles. The summed E-state index contributed by atoms with van der Waals surface area (Å²) >= 11 is 5.38. The van der Waals surface area contributed by atoms with Crippen LogP contribution in [0.25, 0.3) is 0 Å². The van der Waals surface area contributed by atoms with Gasteiger partial charge in [0.25, 0.3) is 0 Å². The minimum Gasteiger partial charge on any atom is -0.360 e. The summed E-state index contributed by atoms with van der Waals surface area (Å²) < 4.78 is 0. The second-order valence-corrected chi connectivity index (χ2v) is 6.00. The third kappa shape index (κ3) is 2.66. The number of nitrogens with one attached hydrogen (secondary N) is 2. The van der Waals surface area contributed by atoms with Crippen LogP contribution in [0.5, 0.6) is 0 Å². The number of fused-ring (bicyclic) bond motifs is 2. The summed E-state index contributed by atoms with van der Waals surface area (Å²) in [5.74, 6) is 1.83. The predicted octanol–water partition coefficient (Wildman–Crippen LogP) is 2.84. The first-order valence-electron chi connectivity index (χ1n) is 6.89. The Bertz CT molecular complexity index is 418. The largest absolute Gasteiger partial charge is 0.360 e. The molecule has 2 aliphatic rings. The van der Waals surface area contributed by atoms with E-state index in [1.807, 2.05) is 6.07 Å². The first kappa shape index (κ1) is 12.0. The third-order valence-corrected chi connectivity index (χ3v) is 4.61. The Morgan fingerprint density at radius 1 is 1.17 bits per heavy atom. The number of thiocarbonyl (C=S) groups is 1. The highest BCUT2D eigenvalue weighted by molar-refractivity contribution is 7.80. The second kappa shape index (κ2) is 5.27. The van der Waals surface area contributed by atoms with Crippen LogP contribution in [0, 0.1) is 11.8 Å². The quantitative estimate of drug-likeness (QED) is 0.817. The van der Waals surface area contributed by atoms with Crippen LogP contribution < -0.4 is 10.6 Å². The van der Waals surface area contributed by atoms with E-state index in [1.54, 1.807) is 0 Å². The van der Waals surface area contributed by atoms with Gasteiger partial charge >= 0.3 is 0 Å². The smallest absolute Gasteiger partial charge is 0.166 e. The zero-order valence-electron chi connectivity index (χ0n) is 10.6. The van der Waals surface area contributed by atoms with Gasteiger partial charge in [0.15, 0.2) is 5.11 Å². The molecular weight excluding hydrogens is 240 g/mol. The van der Waals surface area contributed by atoms with Gasteiger partial charge in [-0.25, -0.2) is 0 Å². The van der Waals surface area contributed by atoms with Crippen LogP contribution in [0.1, 0.15) is 31.2 Å². The van der Waals surface area contributed by atoms with E-state index < -0.39 is 0 Å². The summed E-state index contributed by atoms with van der Waals surface area (Å²) in [5, 5.41) is 7.62. The molecule has 3 rings (SSSR count). The van der Waals surface area contributed by atoms with Gasteiger partial charge in [0.1, 0.15) is 0 Å². The van der Waals surface area contributed by atoms with Crippen LogP contribution in [0.15, 0.2) is 30.3 Å². The van der Waals surface area contributed by atoms with Crippen molar-refractivity contribution in [1.29, 1.82) is 0 Å². The fourth-order valence-corrected chi connectivity index (χ4v) is 3.64. The molecule has 0 saturated heterocycles. The Morgan fingerprint density at radius 3 is 2.67 bits per heavy atom. The average molecular weight is 260 g/mol. The van der Waals surface area contributed by atoms with Gasteiger partial charge in [-0.15, -0.1) is 0 Å². The van der Waals surface area contributed by atoms with Crippen molar-refractivity contribution in [3.8, 4) is 0 Å². The zero-order chi connectivity index (χ0) is 12.4. The highest BCUT2D eigenvalue weighted by Crippen LogP contribution is 2.44. The molecule has 0 aromatic heterocycles. The highest BCUT2D eigenvalue weighted by Gasteiger charge is 2.39. The summed E-state index contributed by atoms with van der Waals surface area (Å²) in [6.45, 7) is 0.813. The monoisotopic (exact) mass is 260 g/mol. The van der Waals surface area contributed by atoms with Crippen molar-refractivity contribution in [1.82, 2.24) is 10.6 Å². The Morgan fingerprint density at radius 2 is 2.00 bits per heavy atom. The van der Waals surface area contributed by atoms with Crippen LogP contribution in [-0.2, 0) is 6.54 Å². The minimum atomic E-state index is 0.625. The van der Waals surface area contributed by atoms with Gasteiger partial charge in [-0.3, -0.25) is 0 Å². The lowest BCUT2D eigenvalue weighted by atomic mass is 9.96. The normalized spacial score (nSPS) is 29.2. The summed E-state index contributed by atoms with van der Waals surface area (Å²) in [5.41, 5.74) is 1.27. The van der Waals surface area contributed by atoms with E-state index in [1.165, 1.54) is 31.2 Å². The zero-order valence-corrected chi connectivity index (χ0v) is 11.4. The van der Waals surface area contributed by atoms with E-state index in [2.05, 4.69) is 34.9 Å². The molecule has 2 saturated carbocycles. The van der Waals surface area contributed by atoms with Gasteiger partial charge in [0.05, 0.1) is 0 Å². The summed E-state index contributed by atoms with van der Waals surface area (Å²) in [7, 11) is 0. The number of hydrogen-bond donors (Lipinski definition) is 2. The molecule has 3 atom stereocenters. The molecular formula is C15H20N2S. The highest BCUT2D eigenvalue weighted by atomic mass is 32.1. The summed E-state index contributed by atoms with van der Waals surface area (Å²) in [6.07, 6.45) is 5.56. The van der Waals surface area contributed by atoms with Gasteiger partial charge in [-0.2, -0.15) is 0 Å². The Kier molecular flexibility index (Phi) is 3.50. The Balaban J connectivity index is 1.45. The van der Waals surface area contributed by atoms with Crippen LogP contribution >= 0.6 is 12.2 Å². The molecule has 18 heavy (non-hydrogen) atoms. The van der Waals surface area contributed by atoms with Crippen molar-refractivity contribution in [2.75, 3.05) is 0 Å². The molecule has 2 bridgehead atoms. The lowest BCUT2D eigenvalue weighted by molar-refractivity contribution is 0.389. The molecule has 3 unspecified atom stereocenters. The van der Waals surface area contributed by atoms with E-state index in [-0.39, 0.29) is 0 Å². The molecule has 0 amide bonds. The number of hydrogen-bond acceptors (Lipinski definition) is 1. The predicted molar refractivity (Wildman–Crippen MR) is 78.3 cm³/mol. The molecule has 1 aromatic rings. The molecule has 2 fully saturated rings. The SMILES string of the molecule is S=C(NCc1ccccc1)NC1CC2CCC1C2. The number of rotatable bonds is 3. The standard InChI is InChI=1S/C15H20N2S/c18-15(16-10-11-4-2-1-3-5-11)17-14-9-12-6-7-13(14)8-12/h1-5,12-14H,6-10H2,(H2,16,17,18). The van der Waals surface area contributed by atoms with Gasteiger partial charge in [0, 0.05) is 12.6 Å². The Hall–Kier alpha value is -1.09. The van der Waals surface area contributed by atoms with Crippen molar-refractivity contribution in [2.45, 2.75) is 38.3 Å². The molecule has 0 spiro atoms. The number of benzene rings is 1. The lowest BCUT2D eigenvalue weighted by Crippen LogP contribution is -2.43. The van der Waals surface area contributed by atoms with Crippen LogP contribution in [0.2, 0.25) is 0 Å². The van der Waals surface area contributed by atoms with Gasteiger partial charge in [-0.1, -0.05) is 36.8 Å². The molecule has 96 valence electrons. The molecule has 1 aromatic carbocycles. The van der Waals surface area contributed by atoms with E-state index >= 15 is 0 Å². The van der Waals surface area contributed by atoms with E-state index in [9.17, 15) is 0 Å². The third-order valence-electron chi connectivity index (χ3n) is 4.35. The summed E-state index contributed by atoms with van der Waals surface area (Å²) in [4.78, 5) is 0. The lowest BCUT2D eigenvalue weighted by Gasteiger charge is -2.24. The van der Waals surface area contributed by atoms with Crippen molar-refractivity contribution >= 4 is 17.3 Å².